The van der Waals surface area contributed by atoms with Gasteiger partial charge in [0.25, 0.3) is 5.91 Å². The predicted octanol–water partition coefficient (Wildman–Crippen LogP) is 2.05. The monoisotopic (exact) mass is 344 g/mol. The second-order valence-electron chi connectivity index (χ2n) is 5.89. The zero-order valence-corrected chi connectivity index (χ0v) is 14.3. The standard InChI is InChI=1S/C18H20N2O5/c1-18(2,17(23)24-3)20-16(22)15-14(9-13(21)10-19-15)25-11-12-7-5-4-6-8-12/h4-10,21H,11H2,1-3H3,(H,20,22). The van der Waals surface area contributed by atoms with E-state index in [2.05, 4.69) is 15.0 Å². The van der Waals surface area contributed by atoms with Crippen LogP contribution in [0.15, 0.2) is 42.6 Å². The normalized spacial score (nSPS) is 10.8. The molecule has 1 aromatic carbocycles. The van der Waals surface area contributed by atoms with E-state index in [-0.39, 0.29) is 23.8 Å². The summed E-state index contributed by atoms with van der Waals surface area (Å²) >= 11 is 0. The van der Waals surface area contributed by atoms with Gasteiger partial charge < -0.3 is 19.9 Å². The number of nitrogens with one attached hydrogen (secondary N) is 1. The van der Waals surface area contributed by atoms with Crippen molar-refractivity contribution in [2.24, 2.45) is 0 Å². The highest BCUT2D eigenvalue weighted by Crippen LogP contribution is 2.23. The van der Waals surface area contributed by atoms with Gasteiger partial charge in [0.1, 0.15) is 17.9 Å². The SMILES string of the molecule is COC(=O)C(C)(C)NC(=O)c1ncc(O)cc1OCc1ccccc1. The molecule has 0 saturated carbocycles. The second-order valence-corrected chi connectivity index (χ2v) is 5.89. The van der Waals surface area contributed by atoms with Gasteiger partial charge in [0.2, 0.25) is 0 Å². The molecule has 0 aliphatic heterocycles. The number of esters is 1. The number of nitrogens with zero attached hydrogens (tertiary/aromatic N) is 1. The van der Waals surface area contributed by atoms with E-state index in [4.69, 9.17) is 4.74 Å². The third kappa shape index (κ3) is 4.69. The van der Waals surface area contributed by atoms with Gasteiger partial charge in [-0.15, -0.1) is 0 Å². The minimum absolute atomic E-state index is 0.0364. The number of pyridine rings is 1. The fourth-order valence-electron chi connectivity index (χ4n) is 2.10. The second kappa shape index (κ2) is 7.65. The molecule has 0 aliphatic rings. The molecule has 1 heterocycles. The summed E-state index contributed by atoms with van der Waals surface area (Å²) in [5.41, 5.74) is -0.375. The van der Waals surface area contributed by atoms with Crippen LogP contribution in [0.4, 0.5) is 0 Å². The quantitative estimate of drug-likeness (QED) is 0.778. The van der Waals surface area contributed by atoms with Gasteiger partial charge in [-0.2, -0.15) is 0 Å². The molecule has 0 fully saturated rings. The average molecular weight is 344 g/mol. The lowest BCUT2D eigenvalue weighted by Gasteiger charge is -2.23. The molecule has 0 bridgehead atoms. The number of ether oxygens (including phenoxy) is 2. The summed E-state index contributed by atoms with van der Waals surface area (Å²) in [5, 5.41) is 12.2. The maximum atomic E-state index is 12.5. The largest absolute Gasteiger partial charge is 0.506 e. The number of carbonyl (C=O) groups excluding carboxylic acids is 2. The van der Waals surface area contributed by atoms with Crippen molar-refractivity contribution in [3.63, 3.8) is 0 Å². The molecule has 0 unspecified atom stereocenters. The molecule has 0 saturated heterocycles. The molecule has 132 valence electrons. The Balaban J connectivity index is 2.20. The number of methoxy groups -OCH3 is 1. The molecule has 1 aromatic heterocycles. The fourth-order valence-corrected chi connectivity index (χ4v) is 2.10. The highest BCUT2D eigenvalue weighted by molar-refractivity contribution is 5.98. The number of hydrogen-bond acceptors (Lipinski definition) is 6. The Morgan fingerprint density at radius 1 is 1.24 bits per heavy atom. The maximum absolute atomic E-state index is 12.5. The predicted molar refractivity (Wildman–Crippen MR) is 90.2 cm³/mol. The summed E-state index contributed by atoms with van der Waals surface area (Å²) in [4.78, 5) is 28.1. The third-order valence-electron chi connectivity index (χ3n) is 3.41. The Morgan fingerprint density at radius 3 is 2.56 bits per heavy atom. The van der Waals surface area contributed by atoms with Crippen LogP contribution in [0.1, 0.15) is 29.9 Å². The number of benzene rings is 1. The first-order valence-corrected chi connectivity index (χ1v) is 7.60. The topological polar surface area (TPSA) is 97.8 Å². The molecule has 25 heavy (non-hydrogen) atoms. The Kier molecular flexibility index (Phi) is 5.59. The van der Waals surface area contributed by atoms with Crippen molar-refractivity contribution in [3.8, 4) is 11.5 Å². The Labute approximate surface area is 145 Å². The number of amides is 1. The Bertz CT molecular complexity index is 759. The number of carbonyl (C=O) groups is 2. The van der Waals surface area contributed by atoms with Crippen molar-refractivity contribution < 1.29 is 24.2 Å². The van der Waals surface area contributed by atoms with Gasteiger partial charge in [0.05, 0.1) is 13.3 Å². The van der Waals surface area contributed by atoms with Crippen LogP contribution in [0.25, 0.3) is 0 Å². The van der Waals surface area contributed by atoms with Crippen molar-refractivity contribution >= 4 is 11.9 Å². The van der Waals surface area contributed by atoms with E-state index in [9.17, 15) is 14.7 Å². The lowest BCUT2D eigenvalue weighted by atomic mass is 10.1. The van der Waals surface area contributed by atoms with Crippen molar-refractivity contribution in [3.05, 3.63) is 53.9 Å². The van der Waals surface area contributed by atoms with E-state index in [0.29, 0.717) is 0 Å². The highest BCUT2D eigenvalue weighted by Gasteiger charge is 2.32. The zero-order chi connectivity index (χ0) is 18.4. The van der Waals surface area contributed by atoms with E-state index in [1.165, 1.54) is 27.0 Å². The maximum Gasteiger partial charge on any atom is 0.330 e. The number of aromatic hydroxyl groups is 1. The van der Waals surface area contributed by atoms with Crippen LogP contribution in [0, 0.1) is 0 Å². The van der Waals surface area contributed by atoms with Gasteiger partial charge in [-0.1, -0.05) is 30.3 Å². The van der Waals surface area contributed by atoms with Crippen molar-refractivity contribution in [1.29, 1.82) is 0 Å². The van der Waals surface area contributed by atoms with Crippen LogP contribution in [-0.4, -0.2) is 34.6 Å². The van der Waals surface area contributed by atoms with E-state index in [1.807, 2.05) is 30.3 Å². The average Bonchev–Trinajstić information content (AvgIpc) is 2.59. The molecule has 1 amide bonds. The molecule has 0 spiro atoms. The van der Waals surface area contributed by atoms with Crippen LogP contribution >= 0.6 is 0 Å². The van der Waals surface area contributed by atoms with E-state index in [0.717, 1.165) is 11.8 Å². The van der Waals surface area contributed by atoms with Gasteiger partial charge in [-0.25, -0.2) is 9.78 Å². The van der Waals surface area contributed by atoms with E-state index in [1.54, 1.807) is 0 Å². The minimum atomic E-state index is -1.23. The number of rotatable bonds is 6. The van der Waals surface area contributed by atoms with Crippen LogP contribution in [0.2, 0.25) is 0 Å². The van der Waals surface area contributed by atoms with Gasteiger partial charge >= 0.3 is 5.97 Å². The molecule has 0 atom stereocenters. The summed E-state index contributed by atoms with van der Waals surface area (Å²) < 4.78 is 10.3. The molecule has 0 aliphatic carbocycles. The van der Waals surface area contributed by atoms with Crippen LogP contribution in [0.3, 0.4) is 0 Å². The summed E-state index contributed by atoms with van der Waals surface area (Å²) in [7, 11) is 1.24. The summed E-state index contributed by atoms with van der Waals surface area (Å²) in [6.45, 7) is 3.23. The van der Waals surface area contributed by atoms with E-state index < -0.39 is 17.4 Å². The van der Waals surface area contributed by atoms with Crippen molar-refractivity contribution in [1.82, 2.24) is 10.3 Å². The van der Waals surface area contributed by atoms with Crippen LogP contribution in [0.5, 0.6) is 11.5 Å². The molecule has 2 N–H and O–H groups in total. The summed E-state index contributed by atoms with van der Waals surface area (Å²) in [6.07, 6.45) is 1.13. The molecule has 0 radical (unpaired) electrons. The van der Waals surface area contributed by atoms with E-state index >= 15 is 0 Å². The zero-order valence-electron chi connectivity index (χ0n) is 14.3. The molecular formula is C18H20N2O5. The van der Waals surface area contributed by atoms with Crippen molar-refractivity contribution in [2.45, 2.75) is 26.0 Å². The summed E-state index contributed by atoms with van der Waals surface area (Å²) in [6, 6.07) is 10.7. The van der Waals surface area contributed by atoms with Gasteiger partial charge in [0, 0.05) is 6.07 Å². The number of aromatic nitrogens is 1. The first kappa shape index (κ1) is 18.3. The molecule has 7 heteroatoms. The summed E-state index contributed by atoms with van der Waals surface area (Å²) in [5.74, 6) is -1.22. The highest BCUT2D eigenvalue weighted by atomic mass is 16.5. The van der Waals surface area contributed by atoms with Gasteiger partial charge in [-0.3, -0.25) is 4.79 Å². The third-order valence-corrected chi connectivity index (χ3v) is 3.41. The Morgan fingerprint density at radius 2 is 1.92 bits per heavy atom. The minimum Gasteiger partial charge on any atom is -0.506 e. The molecule has 2 rings (SSSR count). The Hall–Kier alpha value is -3.09. The first-order chi connectivity index (χ1) is 11.8. The molecule has 2 aromatic rings. The van der Waals surface area contributed by atoms with Crippen LogP contribution < -0.4 is 10.1 Å². The van der Waals surface area contributed by atoms with Crippen LogP contribution in [-0.2, 0) is 16.1 Å². The van der Waals surface area contributed by atoms with Crippen molar-refractivity contribution in [2.75, 3.05) is 7.11 Å². The number of hydrogen-bond donors (Lipinski definition) is 2. The molecule has 7 nitrogen and oxygen atoms in total. The first-order valence-electron chi connectivity index (χ1n) is 7.60. The fraction of sp³-hybridized carbons (Fsp3) is 0.278. The lowest BCUT2D eigenvalue weighted by Crippen LogP contribution is -2.50. The molecular weight excluding hydrogens is 324 g/mol. The van der Waals surface area contributed by atoms with Gasteiger partial charge in [0.15, 0.2) is 11.4 Å². The van der Waals surface area contributed by atoms with Gasteiger partial charge in [-0.05, 0) is 19.4 Å². The lowest BCUT2D eigenvalue weighted by molar-refractivity contribution is -0.146. The smallest absolute Gasteiger partial charge is 0.330 e.